The van der Waals surface area contributed by atoms with Gasteiger partial charge in [0.1, 0.15) is 18.3 Å². The smallest absolute Gasteiger partial charge is 0.185 e. The average Bonchev–Trinajstić information content (AvgIpc) is 3.48. The van der Waals surface area contributed by atoms with Crippen molar-refractivity contribution in [3.63, 3.8) is 0 Å². The number of aliphatic hydroxyl groups is 1. The number of aliphatic hydroxyl groups excluding tert-OH is 1. The normalized spacial score (nSPS) is 33.8. The zero-order chi connectivity index (χ0) is 21.0. The Bertz CT molecular complexity index is 619. The van der Waals surface area contributed by atoms with Crippen molar-refractivity contribution >= 4 is 0 Å². The van der Waals surface area contributed by atoms with E-state index in [0.717, 1.165) is 5.56 Å². The van der Waals surface area contributed by atoms with Crippen LogP contribution in [-0.2, 0) is 35.0 Å². The van der Waals surface area contributed by atoms with Gasteiger partial charge in [0.2, 0.25) is 0 Å². The number of hydrogen-bond donors (Lipinski definition) is 1. The van der Waals surface area contributed by atoms with E-state index in [1.807, 2.05) is 30.3 Å². The number of ether oxygens (including phenoxy) is 6. The minimum absolute atomic E-state index is 0.00671. The molecule has 3 rings (SSSR count). The largest absolute Gasteiger partial charge is 0.394 e. The number of methoxy groups -OCH3 is 3. The van der Waals surface area contributed by atoms with Gasteiger partial charge in [0, 0.05) is 33.2 Å². The van der Waals surface area contributed by atoms with E-state index >= 15 is 0 Å². The molecular weight excluding hydrogens is 376 g/mol. The molecule has 0 radical (unpaired) electrons. The number of hydrogen-bond acceptors (Lipinski definition) is 7. The third-order valence-corrected chi connectivity index (χ3v) is 6.09. The topological polar surface area (TPSA) is 78.9 Å². The molecule has 1 N–H and O–H groups in total. The summed E-state index contributed by atoms with van der Waals surface area (Å²) in [5.74, 6) is 0. The van der Waals surface area contributed by atoms with Crippen LogP contribution in [0.15, 0.2) is 30.3 Å². The molecule has 164 valence electrons. The van der Waals surface area contributed by atoms with Gasteiger partial charge in [-0.1, -0.05) is 44.2 Å². The maximum atomic E-state index is 9.32. The Labute approximate surface area is 173 Å². The first kappa shape index (κ1) is 22.6. The van der Waals surface area contributed by atoms with Crippen LogP contribution in [0.25, 0.3) is 0 Å². The molecule has 0 amide bonds. The van der Waals surface area contributed by atoms with Gasteiger partial charge >= 0.3 is 0 Å². The number of rotatable bonds is 10. The molecule has 1 aromatic carbocycles. The molecule has 0 bridgehead atoms. The molecule has 6 atom stereocenters. The lowest BCUT2D eigenvalue weighted by Gasteiger charge is -2.52. The van der Waals surface area contributed by atoms with Crippen molar-refractivity contribution in [1.29, 1.82) is 0 Å². The Morgan fingerprint density at radius 2 is 1.72 bits per heavy atom. The molecule has 2 aliphatic rings. The monoisotopic (exact) mass is 410 g/mol. The quantitative estimate of drug-likeness (QED) is 0.468. The first-order valence-electron chi connectivity index (χ1n) is 10.1. The molecule has 2 saturated heterocycles. The van der Waals surface area contributed by atoms with Crippen molar-refractivity contribution in [2.24, 2.45) is 5.41 Å². The molecule has 0 aliphatic carbocycles. The summed E-state index contributed by atoms with van der Waals surface area (Å²) >= 11 is 0. The standard InChI is InChI=1S/C22H34O7/c1-22(2)17(11-15-16(12-23)28-15)29-19(21(25-4)26-5)18(20(22)24-3)27-13-14-9-7-6-8-10-14/h6-10,15-21,23H,11-13H2,1-5H3/t15-,16-,17+,18-,19-,20+/m0/s1. The van der Waals surface area contributed by atoms with E-state index in [1.165, 1.54) is 0 Å². The van der Waals surface area contributed by atoms with Crippen LogP contribution in [0.2, 0.25) is 0 Å². The van der Waals surface area contributed by atoms with Crippen LogP contribution < -0.4 is 0 Å². The summed E-state index contributed by atoms with van der Waals surface area (Å²) in [6.45, 7) is 4.69. The van der Waals surface area contributed by atoms with Gasteiger partial charge in [-0.3, -0.25) is 0 Å². The highest BCUT2D eigenvalue weighted by Gasteiger charge is 2.56. The van der Waals surface area contributed by atoms with Gasteiger partial charge in [-0.15, -0.1) is 0 Å². The van der Waals surface area contributed by atoms with Crippen molar-refractivity contribution in [2.45, 2.75) is 69.8 Å². The van der Waals surface area contributed by atoms with Crippen LogP contribution in [0.3, 0.4) is 0 Å². The van der Waals surface area contributed by atoms with Crippen LogP contribution in [-0.4, -0.2) is 76.0 Å². The highest BCUT2D eigenvalue weighted by Crippen LogP contribution is 2.44. The second-order valence-corrected chi connectivity index (χ2v) is 8.30. The van der Waals surface area contributed by atoms with Crippen molar-refractivity contribution in [1.82, 2.24) is 0 Å². The van der Waals surface area contributed by atoms with Crippen LogP contribution in [0, 0.1) is 5.41 Å². The SMILES string of the molecule is COC(OC)[C@H]1O[C@H](C[C@@H]2O[C@H]2CO)C(C)(C)[C@H](OC)[C@H]1OCc1ccccc1. The number of epoxide rings is 1. The molecule has 0 saturated carbocycles. The van der Waals surface area contributed by atoms with E-state index in [0.29, 0.717) is 13.0 Å². The Balaban J connectivity index is 1.81. The third-order valence-electron chi connectivity index (χ3n) is 6.09. The lowest BCUT2D eigenvalue weighted by Crippen LogP contribution is -2.63. The summed E-state index contributed by atoms with van der Waals surface area (Å²) in [5.41, 5.74) is 0.731. The van der Waals surface area contributed by atoms with Crippen LogP contribution in [0.1, 0.15) is 25.8 Å². The van der Waals surface area contributed by atoms with Gasteiger partial charge in [-0.2, -0.15) is 0 Å². The van der Waals surface area contributed by atoms with Gasteiger partial charge in [-0.05, 0) is 5.56 Å². The predicted octanol–water partition coefficient (Wildman–Crippen LogP) is 2.15. The minimum atomic E-state index is -0.596. The molecular formula is C22H34O7. The Kier molecular flexibility index (Phi) is 7.67. The molecule has 1 aromatic rings. The van der Waals surface area contributed by atoms with E-state index in [2.05, 4.69) is 13.8 Å². The highest BCUT2D eigenvalue weighted by atomic mass is 16.7. The maximum absolute atomic E-state index is 9.32. The van der Waals surface area contributed by atoms with Crippen molar-refractivity contribution in [3.8, 4) is 0 Å². The van der Waals surface area contributed by atoms with Gasteiger partial charge in [-0.25, -0.2) is 0 Å². The molecule has 2 aliphatic heterocycles. The van der Waals surface area contributed by atoms with Crippen molar-refractivity contribution < 1.29 is 33.5 Å². The van der Waals surface area contributed by atoms with Gasteiger partial charge in [0.05, 0.1) is 31.5 Å². The first-order chi connectivity index (χ1) is 14.0. The minimum Gasteiger partial charge on any atom is -0.394 e. The lowest BCUT2D eigenvalue weighted by molar-refractivity contribution is -0.305. The molecule has 29 heavy (non-hydrogen) atoms. The molecule has 2 fully saturated rings. The van der Waals surface area contributed by atoms with Crippen LogP contribution in [0.5, 0.6) is 0 Å². The van der Waals surface area contributed by atoms with Crippen molar-refractivity contribution in [2.75, 3.05) is 27.9 Å². The summed E-state index contributed by atoms with van der Waals surface area (Å²) in [7, 11) is 4.88. The van der Waals surface area contributed by atoms with Gasteiger partial charge in [0.15, 0.2) is 6.29 Å². The van der Waals surface area contributed by atoms with E-state index in [4.69, 9.17) is 28.4 Å². The molecule has 0 spiro atoms. The summed E-state index contributed by atoms with van der Waals surface area (Å²) in [6.07, 6.45) is -1.30. The second-order valence-electron chi connectivity index (χ2n) is 8.30. The molecule has 7 nitrogen and oxygen atoms in total. The first-order valence-corrected chi connectivity index (χ1v) is 10.1. The third kappa shape index (κ3) is 4.99. The van der Waals surface area contributed by atoms with Gasteiger partial charge < -0.3 is 33.5 Å². The summed E-state index contributed by atoms with van der Waals surface area (Å²) in [6, 6.07) is 10.0. The van der Waals surface area contributed by atoms with E-state index < -0.39 is 12.4 Å². The van der Waals surface area contributed by atoms with E-state index in [1.54, 1.807) is 21.3 Å². The lowest BCUT2D eigenvalue weighted by atomic mass is 9.72. The fourth-order valence-electron chi connectivity index (χ4n) is 4.31. The van der Waals surface area contributed by atoms with Crippen LogP contribution in [0.4, 0.5) is 0 Å². The summed E-state index contributed by atoms with van der Waals surface area (Å²) in [4.78, 5) is 0. The molecule has 7 heteroatoms. The zero-order valence-corrected chi connectivity index (χ0v) is 17.9. The molecule has 2 heterocycles. The summed E-state index contributed by atoms with van der Waals surface area (Å²) < 4.78 is 35.4. The average molecular weight is 411 g/mol. The second kappa shape index (κ2) is 9.83. The Morgan fingerprint density at radius 3 is 2.28 bits per heavy atom. The predicted molar refractivity (Wildman–Crippen MR) is 106 cm³/mol. The maximum Gasteiger partial charge on any atom is 0.185 e. The fraction of sp³-hybridized carbons (Fsp3) is 0.727. The van der Waals surface area contributed by atoms with Crippen LogP contribution >= 0.6 is 0 Å². The van der Waals surface area contributed by atoms with E-state index in [9.17, 15) is 5.11 Å². The molecule has 0 aromatic heterocycles. The molecule has 0 unspecified atom stereocenters. The zero-order valence-electron chi connectivity index (χ0n) is 17.9. The Morgan fingerprint density at radius 1 is 1.03 bits per heavy atom. The Hall–Kier alpha value is -1.06. The summed E-state index contributed by atoms with van der Waals surface area (Å²) in [5, 5.41) is 9.32. The number of benzene rings is 1. The fourth-order valence-corrected chi connectivity index (χ4v) is 4.31. The van der Waals surface area contributed by atoms with Gasteiger partial charge in [0.25, 0.3) is 0 Å². The highest BCUT2D eigenvalue weighted by molar-refractivity contribution is 5.14. The van der Waals surface area contributed by atoms with Crippen molar-refractivity contribution in [3.05, 3.63) is 35.9 Å². The van der Waals surface area contributed by atoms with E-state index in [-0.39, 0.29) is 42.5 Å².